The maximum Gasteiger partial charge on any atom is 0.484 e. The number of aryl methyl sites for hydroxylation is 1. The van der Waals surface area contributed by atoms with Crippen LogP contribution in [-0.4, -0.2) is 31.0 Å². The van der Waals surface area contributed by atoms with Crippen LogP contribution in [0.15, 0.2) is 70.7 Å². The molecule has 1 aliphatic carbocycles. The van der Waals surface area contributed by atoms with Crippen LogP contribution in [0.2, 0.25) is 0 Å². The third-order valence-corrected chi connectivity index (χ3v) is 7.01. The molecule has 5 rings (SSSR count). The largest absolute Gasteiger partial charge is 0.484 e. The zero-order valence-electron chi connectivity index (χ0n) is 15.2. The van der Waals surface area contributed by atoms with Crippen molar-refractivity contribution < 1.29 is 13.4 Å². The van der Waals surface area contributed by atoms with E-state index < -0.39 is 17.1 Å². The summed E-state index contributed by atoms with van der Waals surface area (Å²) in [6, 6.07) is 18.5. The minimum Gasteiger partial charge on any atom is -0.427 e. The highest BCUT2D eigenvalue weighted by atomic mass is 32.2. The van der Waals surface area contributed by atoms with E-state index >= 15 is 0 Å². The lowest BCUT2D eigenvalue weighted by Gasteiger charge is -2.26. The molecule has 0 atom stereocenters. The van der Waals surface area contributed by atoms with Crippen LogP contribution < -0.4 is 5.46 Å². The van der Waals surface area contributed by atoms with Crippen molar-refractivity contribution in [1.29, 1.82) is 0 Å². The van der Waals surface area contributed by atoms with Crippen LogP contribution >= 0.6 is 0 Å². The molecule has 2 aliphatic rings. The van der Waals surface area contributed by atoms with Gasteiger partial charge in [0.15, 0.2) is 0 Å². The fraction of sp³-hybridized carbons (Fsp3) is 0.0952. The molecule has 28 heavy (non-hydrogen) atoms. The molecule has 0 fully saturated rings. The highest BCUT2D eigenvalue weighted by Gasteiger charge is 2.39. The number of rotatable bonds is 2. The first-order valence-corrected chi connectivity index (χ1v) is 10.5. The smallest absolute Gasteiger partial charge is 0.427 e. The second kappa shape index (κ2) is 6.05. The van der Waals surface area contributed by atoms with Crippen LogP contribution in [0.25, 0.3) is 11.1 Å². The molecule has 0 amide bonds. The van der Waals surface area contributed by atoms with Gasteiger partial charge in [0.25, 0.3) is 10.0 Å². The first kappa shape index (κ1) is 17.2. The number of hydrazone groups is 1. The van der Waals surface area contributed by atoms with Crippen molar-refractivity contribution in [2.24, 2.45) is 5.10 Å². The Kier molecular flexibility index (Phi) is 3.72. The van der Waals surface area contributed by atoms with E-state index in [1.165, 1.54) is 23.9 Å². The van der Waals surface area contributed by atoms with Crippen LogP contribution in [0, 0.1) is 6.92 Å². The van der Waals surface area contributed by atoms with Gasteiger partial charge in [-0.2, -0.15) is 9.43 Å². The zero-order chi connectivity index (χ0) is 19.5. The average Bonchev–Trinajstić information content (AvgIpc) is 3.04. The van der Waals surface area contributed by atoms with E-state index in [4.69, 9.17) is 0 Å². The number of benzene rings is 3. The predicted molar refractivity (Wildman–Crippen MR) is 110 cm³/mol. The predicted octanol–water partition coefficient (Wildman–Crippen LogP) is 2.29. The van der Waals surface area contributed by atoms with Crippen LogP contribution in [0.5, 0.6) is 0 Å². The Morgan fingerprint density at radius 3 is 2.54 bits per heavy atom. The molecule has 3 aromatic carbocycles. The molecule has 5 nitrogen and oxygen atoms in total. The fourth-order valence-electron chi connectivity index (χ4n) is 3.87. The Bertz CT molecular complexity index is 1240. The summed E-state index contributed by atoms with van der Waals surface area (Å²) in [5, 5.41) is 15.0. The third kappa shape index (κ3) is 2.51. The van der Waals surface area contributed by atoms with Gasteiger partial charge in [0.1, 0.15) is 0 Å². The van der Waals surface area contributed by atoms with Gasteiger partial charge in [-0.3, -0.25) is 0 Å². The molecule has 1 N–H and O–H groups in total. The normalized spacial score (nSPS) is 14.6. The second-order valence-electron chi connectivity index (χ2n) is 7.18. The molecule has 138 valence electrons. The van der Waals surface area contributed by atoms with Gasteiger partial charge in [0.05, 0.1) is 11.1 Å². The topological polar surface area (TPSA) is 70.0 Å². The van der Waals surface area contributed by atoms with Gasteiger partial charge >= 0.3 is 7.05 Å². The van der Waals surface area contributed by atoms with Crippen molar-refractivity contribution in [3.8, 4) is 11.1 Å². The van der Waals surface area contributed by atoms with E-state index in [-0.39, 0.29) is 4.90 Å². The SMILES string of the molecule is Cc1ccc(S(=O)(=O)N2N=Cc3cc4c(cc3B2O)-c2ccccc2C4)cc1. The Hall–Kier alpha value is -2.90. The minimum atomic E-state index is -3.96. The summed E-state index contributed by atoms with van der Waals surface area (Å²) in [7, 11) is -5.33. The summed E-state index contributed by atoms with van der Waals surface area (Å²) in [4.78, 5) is 0.101. The maximum absolute atomic E-state index is 13.0. The summed E-state index contributed by atoms with van der Waals surface area (Å²) >= 11 is 0. The highest BCUT2D eigenvalue weighted by molar-refractivity contribution is 7.90. The van der Waals surface area contributed by atoms with Crippen LogP contribution in [0.3, 0.4) is 0 Å². The van der Waals surface area contributed by atoms with Crippen molar-refractivity contribution in [2.75, 3.05) is 0 Å². The molecule has 1 heterocycles. The summed E-state index contributed by atoms with van der Waals surface area (Å²) in [5.41, 5.74) is 6.81. The molecule has 0 saturated carbocycles. The monoisotopic (exact) mass is 388 g/mol. The molecule has 0 unspecified atom stereocenters. The van der Waals surface area contributed by atoms with E-state index in [2.05, 4.69) is 17.2 Å². The fourth-order valence-corrected chi connectivity index (χ4v) is 5.11. The van der Waals surface area contributed by atoms with Gasteiger partial charge in [0.2, 0.25) is 0 Å². The molecule has 0 spiro atoms. The van der Waals surface area contributed by atoms with Gasteiger partial charge in [-0.25, -0.2) is 8.42 Å². The minimum absolute atomic E-state index is 0.101. The second-order valence-corrected chi connectivity index (χ2v) is 8.98. The maximum atomic E-state index is 13.0. The van der Waals surface area contributed by atoms with Crippen molar-refractivity contribution in [1.82, 2.24) is 4.33 Å². The molecule has 3 aromatic rings. The first-order chi connectivity index (χ1) is 13.4. The Morgan fingerprint density at radius 1 is 1.00 bits per heavy atom. The van der Waals surface area contributed by atoms with Crippen molar-refractivity contribution in [3.63, 3.8) is 0 Å². The van der Waals surface area contributed by atoms with E-state index in [1.807, 2.05) is 31.2 Å². The Morgan fingerprint density at radius 2 is 1.75 bits per heavy atom. The summed E-state index contributed by atoms with van der Waals surface area (Å²) < 4.78 is 26.8. The number of hydrogen-bond donors (Lipinski definition) is 1. The van der Waals surface area contributed by atoms with Gasteiger partial charge < -0.3 is 5.02 Å². The lowest BCUT2D eigenvalue weighted by atomic mass is 9.70. The quantitative estimate of drug-likeness (QED) is 0.536. The summed E-state index contributed by atoms with van der Waals surface area (Å²) in [6.07, 6.45) is 2.34. The standard InChI is InChI=1S/C21H17BN2O3S/c1-14-6-8-18(9-7-14)28(26,27)24-22(25)21-12-20-16(11-17(21)13-23-24)10-15-4-2-3-5-19(15)20/h2-9,11-13,25H,10H2,1H3. The summed E-state index contributed by atoms with van der Waals surface area (Å²) in [6.45, 7) is 1.89. The van der Waals surface area contributed by atoms with E-state index in [0.29, 0.717) is 5.46 Å². The van der Waals surface area contributed by atoms with E-state index in [9.17, 15) is 13.4 Å². The Balaban J connectivity index is 1.58. The molecule has 0 saturated heterocycles. The lowest BCUT2D eigenvalue weighted by molar-refractivity contribution is 0.476. The van der Waals surface area contributed by atoms with Crippen molar-refractivity contribution in [2.45, 2.75) is 18.2 Å². The van der Waals surface area contributed by atoms with Crippen LogP contribution in [0.4, 0.5) is 0 Å². The van der Waals surface area contributed by atoms with Gasteiger partial charge in [-0.05, 0) is 64.8 Å². The number of sulfonamides is 1. The number of nitrogens with zero attached hydrogens (tertiary/aromatic N) is 2. The first-order valence-electron chi connectivity index (χ1n) is 9.03. The van der Waals surface area contributed by atoms with Crippen molar-refractivity contribution >= 4 is 28.8 Å². The van der Waals surface area contributed by atoms with Crippen LogP contribution in [0.1, 0.15) is 22.3 Å². The molecule has 7 heteroatoms. The molecule has 0 radical (unpaired) electrons. The lowest BCUT2D eigenvalue weighted by Crippen LogP contribution is -2.52. The average molecular weight is 388 g/mol. The van der Waals surface area contributed by atoms with Crippen LogP contribution in [-0.2, 0) is 16.4 Å². The number of hydrogen-bond acceptors (Lipinski definition) is 4. The van der Waals surface area contributed by atoms with Gasteiger partial charge in [-0.15, -0.1) is 0 Å². The summed E-state index contributed by atoms with van der Waals surface area (Å²) in [5.74, 6) is 0. The highest BCUT2D eigenvalue weighted by Crippen LogP contribution is 2.36. The van der Waals surface area contributed by atoms with Gasteiger partial charge in [0, 0.05) is 0 Å². The number of fused-ring (bicyclic) bond motifs is 4. The molecule has 0 bridgehead atoms. The van der Waals surface area contributed by atoms with Crippen molar-refractivity contribution in [3.05, 3.63) is 82.9 Å². The van der Waals surface area contributed by atoms with E-state index in [0.717, 1.165) is 38.6 Å². The zero-order valence-corrected chi connectivity index (χ0v) is 16.0. The van der Waals surface area contributed by atoms with Gasteiger partial charge in [-0.1, -0.05) is 48.0 Å². The molecule has 0 aromatic heterocycles. The molecular formula is C21H17BN2O3S. The molecule has 1 aliphatic heterocycles. The third-order valence-electron chi connectivity index (χ3n) is 5.36. The molecular weight excluding hydrogens is 371 g/mol. The van der Waals surface area contributed by atoms with E-state index in [1.54, 1.807) is 12.1 Å². The Labute approximate surface area is 164 Å².